The van der Waals surface area contributed by atoms with Crippen LogP contribution in [0.2, 0.25) is 0 Å². The molecule has 1 unspecified atom stereocenters. The van der Waals surface area contributed by atoms with Gasteiger partial charge in [-0.2, -0.15) is 0 Å². The topological polar surface area (TPSA) is 128 Å². The molecule has 5 N–H and O–H groups in total. The Balaban J connectivity index is 2.67. The zero-order valence-corrected chi connectivity index (χ0v) is 14.8. The van der Waals surface area contributed by atoms with Crippen LogP contribution < -0.4 is 16.0 Å². The van der Waals surface area contributed by atoms with Crippen LogP contribution in [0.3, 0.4) is 0 Å². The van der Waals surface area contributed by atoms with Crippen LogP contribution in [0.4, 0.5) is 10.5 Å². The van der Waals surface area contributed by atoms with Crippen molar-refractivity contribution >= 4 is 23.6 Å². The number of nitrogens with one attached hydrogen (secondary N) is 3. The van der Waals surface area contributed by atoms with Crippen molar-refractivity contribution in [2.75, 3.05) is 18.4 Å². The van der Waals surface area contributed by atoms with E-state index in [1.807, 2.05) is 13.8 Å². The van der Waals surface area contributed by atoms with E-state index in [2.05, 4.69) is 16.0 Å². The van der Waals surface area contributed by atoms with Gasteiger partial charge < -0.3 is 26.2 Å². The van der Waals surface area contributed by atoms with E-state index in [9.17, 15) is 19.5 Å². The zero-order valence-electron chi connectivity index (χ0n) is 14.8. The number of aryl methyl sites for hydroxylation is 1. The molecular weight excluding hydrogens is 326 g/mol. The van der Waals surface area contributed by atoms with Crippen LogP contribution >= 0.6 is 0 Å². The Hall–Kier alpha value is -2.61. The maximum Gasteiger partial charge on any atom is 0.337 e. The van der Waals surface area contributed by atoms with Crippen molar-refractivity contribution in [2.45, 2.75) is 33.3 Å². The smallest absolute Gasteiger partial charge is 0.337 e. The number of carboxylic acids is 1. The molecule has 0 fully saturated rings. The van der Waals surface area contributed by atoms with Crippen LogP contribution in [0.5, 0.6) is 0 Å². The average Bonchev–Trinajstić information content (AvgIpc) is 2.52. The van der Waals surface area contributed by atoms with Crippen molar-refractivity contribution in [1.29, 1.82) is 0 Å². The number of carbonyl (C=O) groups is 3. The maximum atomic E-state index is 12.0. The highest BCUT2D eigenvalue weighted by Gasteiger charge is 2.30. The summed E-state index contributed by atoms with van der Waals surface area (Å²) in [7, 11) is 0. The molecular formula is C17H25N3O5. The molecule has 0 saturated heterocycles. The molecule has 3 amide bonds. The third-order valence-electron chi connectivity index (χ3n) is 3.46. The minimum Gasteiger partial charge on any atom is -0.479 e. The SMILES string of the molecule is Cc1cc(C(=O)NCC(C)C)ccc1NC(=O)NCC(C)(O)C(=O)O. The lowest BCUT2D eigenvalue weighted by Gasteiger charge is -2.19. The highest BCUT2D eigenvalue weighted by molar-refractivity contribution is 5.96. The first kappa shape index (κ1) is 20.4. The van der Waals surface area contributed by atoms with Gasteiger partial charge in [0.05, 0.1) is 6.54 Å². The quantitative estimate of drug-likeness (QED) is 0.506. The number of hydrogen-bond acceptors (Lipinski definition) is 4. The standard InChI is InChI=1S/C17H25N3O5/c1-10(2)8-18-14(21)12-5-6-13(11(3)7-12)20-16(24)19-9-17(4,25)15(22)23/h5-7,10,25H,8-9H2,1-4H3,(H,18,21)(H,22,23)(H2,19,20,24). The highest BCUT2D eigenvalue weighted by Crippen LogP contribution is 2.16. The maximum absolute atomic E-state index is 12.0. The van der Waals surface area contributed by atoms with Crippen LogP contribution in [0.1, 0.15) is 36.7 Å². The van der Waals surface area contributed by atoms with Gasteiger partial charge in [-0.1, -0.05) is 13.8 Å². The van der Waals surface area contributed by atoms with Crippen molar-refractivity contribution in [3.05, 3.63) is 29.3 Å². The van der Waals surface area contributed by atoms with Crippen molar-refractivity contribution in [2.24, 2.45) is 5.92 Å². The van der Waals surface area contributed by atoms with E-state index < -0.39 is 24.1 Å². The normalized spacial score (nSPS) is 13.0. The Morgan fingerprint density at radius 2 is 1.84 bits per heavy atom. The molecule has 138 valence electrons. The molecule has 1 rings (SSSR count). The zero-order chi connectivity index (χ0) is 19.2. The second-order valence-electron chi connectivity index (χ2n) is 6.52. The predicted octanol–water partition coefficient (Wildman–Crippen LogP) is 1.34. The van der Waals surface area contributed by atoms with E-state index in [-0.39, 0.29) is 5.91 Å². The predicted molar refractivity (Wildman–Crippen MR) is 93.6 cm³/mol. The van der Waals surface area contributed by atoms with Gasteiger partial charge in [0.15, 0.2) is 5.60 Å². The molecule has 0 saturated carbocycles. The lowest BCUT2D eigenvalue weighted by molar-refractivity contribution is -0.155. The molecule has 8 nitrogen and oxygen atoms in total. The largest absolute Gasteiger partial charge is 0.479 e. The van der Waals surface area contributed by atoms with E-state index in [1.54, 1.807) is 25.1 Å². The fourth-order valence-corrected chi connectivity index (χ4v) is 1.84. The van der Waals surface area contributed by atoms with E-state index in [1.165, 1.54) is 0 Å². The van der Waals surface area contributed by atoms with E-state index in [0.717, 1.165) is 6.92 Å². The van der Waals surface area contributed by atoms with Crippen molar-refractivity contribution < 1.29 is 24.6 Å². The van der Waals surface area contributed by atoms with Gasteiger partial charge in [0, 0.05) is 17.8 Å². The number of aliphatic carboxylic acids is 1. The monoisotopic (exact) mass is 351 g/mol. The first-order valence-electron chi connectivity index (χ1n) is 7.92. The van der Waals surface area contributed by atoms with E-state index >= 15 is 0 Å². The van der Waals surface area contributed by atoms with Crippen LogP contribution in [0, 0.1) is 12.8 Å². The molecule has 0 bridgehead atoms. The fourth-order valence-electron chi connectivity index (χ4n) is 1.84. The summed E-state index contributed by atoms with van der Waals surface area (Å²) in [6.07, 6.45) is 0. The second-order valence-corrected chi connectivity index (χ2v) is 6.52. The molecule has 1 atom stereocenters. The van der Waals surface area contributed by atoms with Crippen LogP contribution in [0.25, 0.3) is 0 Å². The molecule has 0 spiro atoms. The number of amides is 3. The summed E-state index contributed by atoms with van der Waals surface area (Å²) < 4.78 is 0. The number of rotatable bonds is 7. The molecule has 1 aromatic carbocycles. The minimum atomic E-state index is -2.05. The highest BCUT2D eigenvalue weighted by atomic mass is 16.4. The number of carboxylic acid groups (broad SMARTS) is 1. The summed E-state index contributed by atoms with van der Waals surface area (Å²) in [5.41, 5.74) is -0.409. The first-order chi connectivity index (χ1) is 11.5. The number of anilines is 1. The number of carbonyl (C=O) groups excluding carboxylic acids is 2. The summed E-state index contributed by atoms with van der Waals surface area (Å²) in [4.78, 5) is 34.6. The Morgan fingerprint density at radius 3 is 2.36 bits per heavy atom. The van der Waals surface area contributed by atoms with E-state index in [0.29, 0.717) is 29.3 Å². The molecule has 0 aliphatic heterocycles. The molecule has 0 heterocycles. The average molecular weight is 351 g/mol. The summed E-state index contributed by atoms with van der Waals surface area (Å²) >= 11 is 0. The van der Waals surface area contributed by atoms with Gasteiger partial charge in [-0.25, -0.2) is 9.59 Å². The van der Waals surface area contributed by atoms with Crippen LogP contribution in [-0.2, 0) is 4.79 Å². The lowest BCUT2D eigenvalue weighted by atomic mass is 10.1. The summed E-state index contributed by atoms with van der Waals surface area (Å²) in [5, 5.41) is 26.0. The van der Waals surface area contributed by atoms with Crippen LogP contribution in [-0.4, -0.2) is 46.8 Å². The van der Waals surface area contributed by atoms with Gasteiger partial charge in [0.25, 0.3) is 5.91 Å². The fraction of sp³-hybridized carbons (Fsp3) is 0.471. The van der Waals surface area contributed by atoms with Gasteiger partial charge >= 0.3 is 12.0 Å². The lowest BCUT2D eigenvalue weighted by Crippen LogP contribution is -2.47. The third-order valence-corrected chi connectivity index (χ3v) is 3.46. The number of hydrogen-bond donors (Lipinski definition) is 5. The number of aliphatic hydroxyl groups is 1. The minimum absolute atomic E-state index is 0.190. The van der Waals surface area contributed by atoms with Gasteiger partial charge in [0.2, 0.25) is 0 Å². The van der Waals surface area contributed by atoms with Gasteiger partial charge in [-0.05, 0) is 43.5 Å². The van der Waals surface area contributed by atoms with Gasteiger partial charge in [-0.15, -0.1) is 0 Å². The van der Waals surface area contributed by atoms with Crippen molar-refractivity contribution in [3.63, 3.8) is 0 Å². The second kappa shape index (κ2) is 8.48. The molecule has 1 aromatic rings. The van der Waals surface area contributed by atoms with Crippen molar-refractivity contribution in [1.82, 2.24) is 10.6 Å². The summed E-state index contributed by atoms with van der Waals surface area (Å²) in [5.74, 6) is -1.27. The molecule has 0 radical (unpaired) electrons. The van der Waals surface area contributed by atoms with Gasteiger partial charge in [-0.3, -0.25) is 4.79 Å². The summed E-state index contributed by atoms with van der Waals surface area (Å²) in [6, 6.07) is 4.18. The summed E-state index contributed by atoms with van der Waals surface area (Å²) in [6.45, 7) is 6.96. The Labute approximate surface area is 146 Å². The molecule has 25 heavy (non-hydrogen) atoms. The van der Waals surface area contributed by atoms with Gasteiger partial charge in [0.1, 0.15) is 0 Å². The Kier molecular flexibility index (Phi) is 6.93. The Morgan fingerprint density at radius 1 is 1.20 bits per heavy atom. The third kappa shape index (κ3) is 6.42. The number of benzene rings is 1. The Bertz CT molecular complexity index is 656. The number of urea groups is 1. The van der Waals surface area contributed by atoms with Crippen LogP contribution in [0.15, 0.2) is 18.2 Å². The molecule has 8 heteroatoms. The molecule has 0 aliphatic carbocycles. The molecule has 0 aromatic heterocycles. The molecule has 0 aliphatic rings. The van der Waals surface area contributed by atoms with Crippen molar-refractivity contribution in [3.8, 4) is 0 Å². The van der Waals surface area contributed by atoms with E-state index in [4.69, 9.17) is 5.11 Å². The first-order valence-corrected chi connectivity index (χ1v) is 7.92.